The Labute approximate surface area is 158 Å². The van der Waals surface area contributed by atoms with E-state index in [0.29, 0.717) is 24.0 Å². The molecule has 1 aromatic carbocycles. The van der Waals surface area contributed by atoms with Crippen LogP contribution in [0.1, 0.15) is 24.2 Å². The highest BCUT2D eigenvalue weighted by Gasteiger charge is 2.20. The molecular formula is C20H26N6O. The average molecular weight is 366 g/mol. The molecule has 7 nitrogen and oxygen atoms in total. The Morgan fingerprint density at radius 2 is 1.96 bits per heavy atom. The Bertz CT molecular complexity index is 959. The molecule has 4 rings (SSSR count). The zero-order valence-electron chi connectivity index (χ0n) is 15.8. The first kappa shape index (κ1) is 17.6. The summed E-state index contributed by atoms with van der Waals surface area (Å²) < 4.78 is 2.06. The fourth-order valence-electron chi connectivity index (χ4n) is 3.61. The van der Waals surface area contributed by atoms with Crippen LogP contribution in [0.15, 0.2) is 30.3 Å². The number of imidazole rings is 1. The first-order valence-electron chi connectivity index (χ1n) is 9.36. The molecule has 1 saturated heterocycles. The van der Waals surface area contributed by atoms with Gasteiger partial charge in [-0.3, -0.25) is 4.98 Å². The van der Waals surface area contributed by atoms with Crippen molar-refractivity contribution in [2.24, 2.45) is 0 Å². The largest absolute Gasteiger partial charge is 0.506 e. The van der Waals surface area contributed by atoms with Gasteiger partial charge in [-0.05, 0) is 70.2 Å². The Morgan fingerprint density at radius 1 is 1.19 bits per heavy atom. The van der Waals surface area contributed by atoms with Crippen LogP contribution in [0.2, 0.25) is 0 Å². The summed E-state index contributed by atoms with van der Waals surface area (Å²) in [6.07, 6.45) is 2.16. The summed E-state index contributed by atoms with van der Waals surface area (Å²) in [7, 11) is 2.15. The van der Waals surface area contributed by atoms with Gasteiger partial charge >= 0.3 is 0 Å². The number of likely N-dealkylation sites (tertiary alicyclic amines) is 1. The fourth-order valence-corrected chi connectivity index (χ4v) is 3.61. The van der Waals surface area contributed by atoms with Crippen molar-refractivity contribution in [3.63, 3.8) is 0 Å². The molecule has 7 heteroatoms. The smallest absolute Gasteiger partial charge is 0.204 e. The number of aryl methyl sites for hydroxylation is 1. The first-order valence-corrected chi connectivity index (χ1v) is 9.36. The molecule has 0 aliphatic carbocycles. The van der Waals surface area contributed by atoms with E-state index < -0.39 is 0 Å². The number of nitrogens with two attached hydrogens (primary N) is 1. The van der Waals surface area contributed by atoms with E-state index in [0.717, 1.165) is 48.6 Å². The highest BCUT2D eigenvalue weighted by atomic mass is 16.3. The highest BCUT2D eigenvalue weighted by Crippen LogP contribution is 2.27. The molecule has 3 aromatic rings. The van der Waals surface area contributed by atoms with Crippen molar-refractivity contribution in [2.75, 3.05) is 31.2 Å². The van der Waals surface area contributed by atoms with E-state index in [-0.39, 0.29) is 5.75 Å². The number of hydrogen-bond donors (Lipinski definition) is 3. The number of piperidine rings is 1. The minimum Gasteiger partial charge on any atom is -0.506 e. The van der Waals surface area contributed by atoms with Crippen LogP contribution < -0.4 is 11.1 Å². The number of fused-ring (bicyclic) bond motifs is 1. The zero-order valence-corrected chi connectivity index (χ0v) is 15.8. The standard InChI is InChI=1S/C20H26N6O/c1-13-3-6-19(27)17(22-13)12-26-18-11-14(21)4-5-16(18)24-20(26)23-15-7-9-25(2)10-8-15/h3-6,11,15,27H,7-10,12,21H2,1-2H3,(H,23,24). The number of pyridine rings is 1. The van der Waals surface area contributed by atoms with Crippen LogP contribution in [0, 0.1) is 6.92 Å². The molecule has 0 atom stereocenters. The number of nitrogens with one attached hydrogen (secondary N) is 1. The molecule has 142 valence electrons. The summed E-state index contributed by atoms with van der Waals surface area (Å²) in [5.74, 6) is 0.990. The van der Waals surface area contributed by atoms with E-state index in [2.05, 4.69) is 26.8 Å². The molecule has 0 radical (unpaired) electrons. The topological polar surface area (TPSA) is 92.2 Å². The predicted molar refractivity (Wildman–Crippen MR) is 108 cm³/mol. The molecule has 4 N–H and O–H groups in total. The summed E-state index contributed by atoms with van der Waals surface area (Å²) in [5.41, 5.74) is 10.0. The summed E-state index contributed by atoms with van der Waals surface area (Å²) in [4.78, 5) is 11.6. The Kier molecular flexibility index (Phi) is 4.61. The van der Waals surface area contributed by atoms with Gasteiger partial charge in [0.2, 0.25) is 5.95 Å². The van der Waals surface area contributed by atoms with E-state index in [9.17, 15) is 5.11 Å². The molecule has 0 unspecified atom stereocenters. The molecule has 3 heterocycles. The maximum absolute atomic E-state index is 10.3. The van der Waals surface area contributed by atoms with Crippen LogP contribution in [-0.2, 0) is 6.54 Å². The number of benzene rings is 1. The third kappa shape index (κ3) is 3.68. The number of nitrogens with zero attached hydrogens (tertiary/aromatic N) is 4. The summed E-state index contributed by atoms with van der Waals surface area (Å²) in [6, 6.07) is 9.60. The number of hydrogen-bond acceptors (Lipinski definition) is 6. The average Bonchev–Trinajstić information content (AvgIpc) is 2.97. The maximum atomic E-state index is 10.3. The SMILES string of the molecule is Cc1ccc(O)c(Cn2c(NC3CCN(C)CC3)nc3ccc(N)cc32)n1. The third-order valence-corrected chi connectivity index (χ3v) is 5.22. The van der Waals surface area contributed by atoms with Crippen molar-refractivity contribution in [2.45, 2.75) is 32.4 Å². The van der Waals surface area contributed by atoms with Crippen LogP contribution in [0.4, 0.5) is 11.6 Å². The zero-order chi connectivity index (χ0) is 19.0. The van der Waals surface area contributed by atoms with Crippen molar-refractivity contribution in [3.05, 3.63) is 41.7 Å². The molecule has 0 amide bonds. The van der Waals surface area contributed by atoms with E-state index in [4.69, 9.17) is 10.7 Å². The normalized spacial score (nSPS) is 16.1. The second-order valence-electron chi connectivity index (χ2n) is 7.41. The van der Waals surface area contributed by atoms with Crippen LogP contribution >= 0.6 is 0 Å². The molecule has 1 aliphatic rings. The quantitative estimate of drug-likeness (QED) is 0.615. The van der Waals surface area contributed by atoms with Crippen molar-refractivity contribution >= 4 is 22.7 Å². The summed E-state index contributed by atoms with van der Waals surface area (Å²) >= 11 is 0. The van der Waals surface area contributed by atoms with Crippen molar-refractivity contribution in [1.29, 1.82) is 0 Å². The maximum Gasteiger partial charge on any atom is 0.204 e. The Morgan fingerprint density at radius 3 is 2.74 bits per heavy atom. The van der Waals surface area contributed by atoms with Gasteiger partial charge in [-0.1, -0.05) is 0 Å². The summed E-state index contributed by atoms with van der Waals surface area (Å²) in [5, 5.41) is 13.9. The van der Waals surface area contributed by atoms with Gasteiger partial charge in [0.05, 0.1) is 17.6 Å². The Balaban J connectivity index is 1.72. The lowest BCUT2D eigenvalue weighted by Gasteiger charge is -2.29. The van der Waals surface area contributed by atoms with Gasteiger partial charge in [0.15, 0.2) is 0 Å². The summed E-state index contributed by atoms with van der Waals surface area (Å²) in [6.45, 7) is 4.50. The van der Waals surface area contributed by atoms with Crippen molar-refractivity contribution in [1.82, 2.24) is 19.4 Å². The van der Waals surface area contributed by atoms with Gasteiger partial charge in [0, 0.05) is 17.4 Å². The van der Waals surface area contributed by atoms with Crippen LogP contribution in [-0.4, -0.2) is 50.7 Å². The Hall–Kier alpha value is -2.80. The van der Waals surface area contributed by atoms with E-state index >= 15 is 0 Å². The molecule has 1 fully saturated rings. The van der Waals surface area contributed by atoms with Gasteiger partial charge in [0.25, 0.3) is 0 Å². The fraction of sp³-hybridized carbons (Fsp3) is 0.400. The van der Waals surface area contributed by atoms with Crippen molar-refractivity contribution < 1.29 is 5.11 Å². The molecule has 1 aliphatic heterocycles. The number of aromatic hydroxyl groups is 1. The first-order chi connectivity index (χ1) is 13.0. The minimum absolute atomic E-state index is 0.191. The number of nitrogen functional groups attached to an aromatic ring is 1. The third-order valence-electron chi connectivity index (χ3n) is 5.22. The van der Waals surface area contributed by atoms with E-state index in [1.54, 1.807) is 12.1 Å². The van der Waals surface area contributed by atoms with Gasteiger partial charge in [-0.15, -0.1) is 0 Å². The van der Waals surface area contributed by atoms with Gasteiger partial charge < -0.3 is 25.6 Å². The second kappa shape index (κ2) is 7.08. The highest BCUT2D eigenvalue weighted by molar-refractivity contribution is 5.82. The monoisotopic (exact) mass is 366 g/mol. The van der Waals surface area contributed by atoms with Crippen LogP contribution in [0.25, 0.3) is 11.0 Å². The second-order valence-corrected chi connectivity index (χ2v) is 7.41. The molecule has 2 aromatic heterocycles. The van der Waals surface area contributed by atoms with Crippen LogP contribution in [0.3, 0.4) is 0 Å². The van der Waals surface area contributed by atoms with Crippen LogP contribution in [0.5, 0.6) is 5.75 Å². The number of aromatic nitrogens is 3. The van der Waals surface area contributed by atoms with E-state index in [1.807, 2.05) is 25.1 Å². The molecule has 0 bridgehead atoms. The van der Waals surface area contributed by atoms with Gasteiger partial charge in [-0.2, -0.15) is 0 Å². The molecule has 27 heavy (non-hydrogen) atoms. The lowest BCUT2D eigenvalue weighted by Crippen LogP contribution is -2.37. The lowest BCUT2D eigenvalue weighted by molar-refractivity contribution is 0.263. The van der Waals surface area contributed by atoms with Gasteiger partial charge in [-0.25, -0.2) is 4.98 Å². The van der Waals surface area contributed by atoms with E-state index in [1.165, 1.54) is 0 Å². The number of anilines is 2. The van der Waals surface area contributed by atoms with Gasteiger partial charge in [0.1, 0.15) is 11.4 Å². The number of rotatable bonds is 4. The molecular weight excluding hydrogens is 340 g/mol. The minimum atomic E-state index is 0.191. The molecule has 0 spiro atoms. The lowest BCUT2D eigenvalue weighted by atomic mass is 10.1. The van der Waals surface area contributed by atoms with Crippen molar-refractivity contribution in [3.8, 4) is 5.75 Å². The molecule has 0 saturated carbocycles. The predicted octanol–water partition coefficient (Wildman–Crippen LogP) is 2.58.